The van der Waals surface area contributed by atoms with Gasteiger partial charge in [0.15, 0.2) is 0 Å². The van der Waals surface area contributed by atoms with E-state index in [2.05, 4.69) is 30.7 Å². The van der Waals surface area contributed by atoms with Crippen LogP contribution in [0.3, 0.4) is 0 Å². The van der Waals surface area contributed by atoms with E-state index >= 15 is 0 Å². The number of rotatable bonds is 4. The van der Waals surface area contributed by atoms with Crippen LogP contribution in [0.1, 0.15) is 30.5 Å². The van der Waals surface area contributed by atoms with E-state index in [9.17, 15) is 18.0 Å². The maximum atomic E-state index is 13.2. The quantitative estimate of drug-likeness (QED) is 0.596. The molecule has 0 N–H and O–H groups in total. The van der Waals surface area contributed by atoms with Gasteiger partial charge in [0.1, 0.15) is 5.75 Å². The summed E-state index contributed by atoms with van der Waals surface area (Å²) in [5.41, 5.74) is 1.93. The molecule has 0 aliphatic carbocycles. The predicted octanol–water partition coefficient (Wildman–Crippen LogP) is 5.03. The van der Waals surface area contributed by atoms with E-state index in [0.29, 0.717) is 25.0 Å². The number of methoxy groups -OCH3 is 1. The van der Waals surface area contributed by atoms with E-state index < -0.39 is 16.8 Å². The molecule has 0 aromatic heterocycles. The fourth-order valence-corrected chi connectivity index (χ4v) is 5.17. The number of anilines is 2. The molecule has 34 heavy (non-hydrogen) atoms. The van der Waals surface area contributed by atoms with Crippen LogP contribution in [-0.4, -0.2) is 56.7 Å². The first-order chi connectivity index (χ1) is 16.0. The Hall–Kier alpha value is -2.45. The first-order valence-electron chi connectivity index (χ1n) is 11.3. The van der Waals surface area contributed by atoms with Crippen molar-refractivity contribution in [3.05, 3.63) is 52.0 Å². The number of hydrogen-bond donors (Lipinski definition) is 0. The minimum atomic E-state index is -4.57. The van der Waals surface area contributed by atoms with Gasteiger partial charge in [-0.25, -0.2) is 0 Å². The monoisotopic (exact) mass is 495 g/mol. The zero-order valence-electron chi connectivity index (χ0n) is 19.7. The molecular formula is C25H29ClF3N3O2. The Bertz CT molecular complexity index is 1080. The third-order valence-electron chi connectivity index (χ3n) is 7.00. The maximum Gasteiger partial charge on any atom is 0.417 e. The van der Waals surface area contributed by atoms with Crippen LogP contribution in [0.5, 0.6) is 5.75 Å². The van der Waals surface area contributed by atoms with Crippen molar-refractivity contribution in [3.8, 4) is 5.75 Å². The molecular weight excluding hydrogens is 467 g/mol. The lowest BCUT2D eigenvalue weighted by atomic mass is 10.1. The number of ether oxygens (including phenoxy) is 1. The molecule has 2 aromatic rings. The Labute approximate surface area is 203 Å². The van der Waals surface area contributed by atoms with Crippen LogP contribution in [0.15, 0.2) is 30.3 Å². The summed E-state index contributed by atoms with van der Waals surface area (Å²) in [6.07, 6.45) is -4.12. The molecule has 1 amide bonds. The minimum Gasteiger partial charge on any atom is -0.495 e. The topological polar surface area (TPSA) is 36.0 Å². The summed E-state index contributed by atoms with van der Waals surface area (Å²) in [5.74, 6) is 0.481. The summed E-state index contributed by atoms with van der Waals surface area (Å²) >= 11 is 6.03. The van der Waals surface area contributed by atoms with Gasteiger partial charge in [-0.15, -0.1) is 0 Å². The predicted molar refractivity (Wildman–Crippen MR) is 128 cm³/mol. The molecule has 2 aromatic carbocycles. The number of alkyl halides is 3. The molecule has 9 heteroatoms. The number of amides is 1. The van der Waals surface area contributed by atoms with Crippen molar-refractivity contribution in [1.29, 1.82) is 0 Å². The number of carbonyl (C=O) groups excluding carboxylic acids is 1. The fourth-order valence-electron chi connectivity index (χ4n) is 4.87. The van der Waals surface area contributed by atoms with Crippen molar-refractivity contribution in [3.63, 3.8) is 0 Å². The van der Waals surface area contributed by atoms with Gasteiger partial charge in [0.25, 0.3) is 0 Å². The summed E-state index contributed by atoms with van der Waals surface area (Å²) in [6.45, 7) is 6.47. The number of fused-ring (bicyclic) bond motifs is 1. The molecule has 2 aliphatic heterocycles. The summed E-state index contributed by atoms with van der Waals surface area (Å²) < 4.78 is 45.4. The van der Waals surface area contributed by atoms with Crippen LogP contribution in [0, 0.1) is 0 Å². The highest BCUT2D eigenvalue weighted by Gasteiger charge is 2.35. The van der Waals surface area contributed by atoms with Crippen molar-refractivity contribution in [1.82, 2.24) is 4.90 Å². The SMILES string of the molecule is COc1cc2c(cc1N1CC(C)N(C)C(C)C1)N(C(=O)Cc1cccc(C(F)(F)F)c1Cl)CC2. The molecule has 184 valence electrons. The number of likely N-dealkylation sites (N-methyl/N-ethyl adjacent to an activating group) is 1. The van der Waals surface area contributed by atoms with E-state index in [4.69, 9.17) is 16.3 Å². The van der Waals surface area contributed by atoms with Crippen molar-refractivity contribution >= 4 is 28.9 Å². The largest absolute Gasteiger partial charge is 0.495 e. The van der Waals surface area contributed by atoms with Crippen LogP contribution in [0.4, 0.5) is 24.5 Å². The van der Waals surface area contributed by atoms with Gasteiger partial charge in [-0.3, -0.25) is 9.69 Å². The number of benzene rings is 2. The lowest BCUT2D eigenvalue weighted by molar-refractivity contribution is -0.137. The Morgan fingerprint density at radius 3 is 2.44 bits per heavy atom. The van der Waals surface area contributed by atoms with Gasteiger partial charge >= 0.3 is 6.18 Å². The Balaban J connectivity index is 1.62. The number of carbonyl (C=O) groups is 1. The third-order valence-corrected chi connectivity index (χ3v) is 7.45. The molecule has 0 radical (unpaired) electrons. The van der Waals surface area contributed by atoms with Gasteiger partial charge in [0.2, 0.25) is 5.91 Å². The highest BCUT2D eigenvalue weighted by Crippen LogP contribution is 2.41. The Kier molecular flexibility index (Phi) is 6.75. The second kappa shape index (κ2) is 9.30. The van der Waals surface area contributed by atoms with Gasteiger partial charge < -0.3 is 14.5 Å². The van der Waals surface area contributed by atoms with Gasteiger partial charge in [-0.05, 0) is 56.6 Å². The van der Waals surface area contributed by atoms with Crippen molar-refractivity contribution in [2.24, 2.45) is 0 Å². The zero-order chi connectivity index (χ0) is 24.8. The number of piperazine rings is 1. The van der Waals surface area contributed by atoms with E-state index in [1.54, 1.807) is 12.0 Å². The van der Waals surface area contributed by atoms with Crippen LogP contribution >= 0.6 is 11.6 Å². The lowest BCUT2D eigenvalue weighted by Gasteiger charge is -2.44. The highest BCUT2D eigenvalue weighted by molar-refractivity contribution is 6.32. The first kappa shape index (κ1) is 24.7. The van der Waals surface area contributed by atoms with Crippen molar-refractivity contribution in [2.75, 3.05) is 43.6 Å². The Morgan fingerprint density at radius 2 is 1.82 bits per heavy atom. The van der Waals surface area contributed by atoms with Gasteiger partial charge in [-0.2, -0.15) is 13.2 Å². The number of hydrogen-bond acceptors (Lipinski definition) is 4. The second-order valence-corrected chi connectivity index (χ2v) is 9.55. The smallest absolute Gasteiger partial charge is 0.417 e. The Morgan fingerprint density at radius 1 is 1.15 bits per heavy atom. The van der Waals surface area contributed by atoms with Gasteiger partial charge in [0, 0.05) is 37.4 Å². The average Bonchev–Trinajstić information content (AvgIpc) is 3.19. The second-order valence-electron chi connectivity index (χ2n) is 9.17. The summed E-state index contributed by atoms with van der Waals surface area (Å²) in [4.78, 5) is 19.5. The van der Waals surface area contributed by atoms with Crippen molar-refractivity contribution < 1.29 is 22.7 Å². The van der Waals surface area contributed by atoms with Crippen LogP contribution in [-0.2, 0) is 23.8 Å². The molecule has 2 atom stereocenters. The van der Waals surface area contributed by atoms with Crippen molar-refractivity contribution in [2.45, 2.75) is 44.9 Å². The molecule has 2 unspecified atom stereocenters. The third kappa shape index (κ3) is 4.58. The van der Waals surface area contributed by atoms with Gasteiger partial charge in [0.05, 0.1) is 29.8 Å². The van der Waals surface area contributed by atoms with E-state index in [1.807, 2.05) is 12.1 Å². The first-order valence-corrected chi connectivity index (χ1v) is 11.7. The van der Waals surface area contributed by atoms with E-state index in [1.165, 1.54) is 12.1 Å². The van der Waals surface area contributed by atoms with Crippen LogP contribution < -0.4 is 14.5 Å². The molecule has 0 bridgehead atoms. The molecule has 4 rings (SSSR count). The molecule has 5 nitrogen and oxygen atoms in total. The summed E-state index contributed by atoms with van der Waals surface area (Å²) in [7, 11) is 3.76. The zero-order valence-corrected chi connectivity index (χ0v) is 20.5. The molecule has 2 aliphatic rings. The number of nitrogens with zero attached hydrogens (tertiary/aromatic N) is 3. The highest BCUT2D eigenvalue weighted by atomic mass is 35.5. The molecule has 1 saturated heterocycles. The fraction of sp³-hybridized carbons (Fsp3) is 0.480. The molecule has 0 spiro atoms. The summed E-state index contributed by atoms with van der Waals surface area (Å²) in [6, 6.07) is 8.34. The van der Waals surface area contributed by atoms with Gasteiger partial charge in [-0.1, -0.05) is 23.7 Å². The average molecular weight is 496 g/mol. The number of halogens is 4. The molecule has 2 heterocycles. The minimum absolute atomic E-state index is 0.172. The van der Waals surface area contributed by atoms with E-state index in [-0.39, 0.29) is 17.9 Å². The van der Waals surface area contributed by atoms with Crippen LogP contribution in [0.25, 0.3) is 0 Å². The lowest BCUT2D eigenvalue weighted by Crippen LogP contribution is -2.55. The standard InChI is InChI=1S/C25H29ClF3N3O2/c1-15-13-31(14-16(2)30(15)3)21-12-20-17(10-22(21)34-4)8-9-32(20)23(33)11-18-6-5-7-19(24(18)26)25(27,28)29/h5-7,10,12,15-16H,8-9,11,13-14H2,1-4H3. The summed E-state index contributed by atoms with van der Waals surface area (Å²) in [5, 5.41) is -0.418. The molecule has 1 fully saturated rings. The maximum absolute atomic E-state index is 13.2. The molecule has 0 saturated carbocycles. The normalized spacial score (nSPS) is 21.1. The van der Waals surface area contributed by atoms with E-state index in [0.717, 1.165) is 41.8 Å². The van der Waals surface area contributed by atoms with Crippen LogP contribution in [0.2, 0.25) is 5.02 Å².